The van der Waals surface area contributed by atoms with Crippen LogP contribution in [-0.4, -0.2) is 35.8 Å². The summed E-state index contributed by atoms with van der Waals surface area (Å²) in [6, 6.07) is 0. The second-order valence-electron chi connectivity index (χ2n) is 2.44. The van der Waals surface area contributed by atoms with Crippen LogP contribution in [0.5, 0.6) is 0 Å². The van der Waals surface area contributed by atoms with Gasteiger partial charge in [-0.15, -0.1) is 0 Å². The molecule has 7 nitrogen and oxygen atoms in total. The molecule has 1 heterocycles. The normalized spacial score (nSPS) is 14.8. The quantitative estimate of drug-likeness (QED) is 0.587. The first kappa shape index (κ1) is 9.30. The molecular formula is C6H8N4O3. The van der Waals surface area contributed by atoms with E-state index in [1.54, 1.807) is 0 Å². The lowest BCUT2D eigenvalue weighted by Gasteiger charge is -2.07. The van der Waals surface area contributed by atoms with Gasteiger partial charge in [0, 0.05) is 6.92 Å². The minimum atomic E-state index is -0.568. The summed E-state index contributed by atoms with van der Waals surface area (Å²) in [5.74, 6) is -1.38. The highest BCUT2D eigenvalue weighted by molar-refractivity contribution is 5.96. The molecule has 0 bridgehead atoms. The van der Waals surface area contributed by atoms with Gasteiger partial charge >= 0.3 is 0 Å². The highest BCUT2D eigenvalue weighted by Crippen LogP contribution is 2.00. The second kappa shape index (κ2) is 3.74. The zero-order chi connectivity index (χ0) is 9.84. The molecule has 1 aliphatic heterocycles. The maximum Gasteiger partial charge on any atom is 0.268 e. The Bertz CT molecular complexity index is 286. The first-order valence-corrected chi connectivity index (χ1v) is 3.58. The van der Waals surface area contributed by atoms with Gasteiger partial charge < -0.3 is 0 Å². The monoisotopic (exact) mass is 184 g/mol. The first-order chi connectivity index (χ1) is 6.09. The second-order valence-corrected chi connectivity index (χ2v) is 2.44. The number of nitrogens with one attached hydrogen (secondary N) is 1. The summed E-state index contributed by atoms with van der Waals surface area (Å²) in [6.07, 6.45) is 0. The van der Waals surface area contributed by atoms with Gasteiger partial charge in [-0.05, 0) is 0 Å². The molecule has 0 aromatic heterocycles. The van der Waals surface area contributed by atoms with E-state index in [0.29, 0.717) is 0 Å². The zero-order valence-electron chi connectivity index (χ0n) is 6.98. The van der Waals surface area contributed by atoms with Crippen LogP contribution in [-0.2, 0) is 14.4 Å². The van der Waals surface area contributed by atoms with Crippen molar-refractivity contribution in [3.8, 4) is 0 Å². The van der Waals surface area contributed by atoms with E-state index < -0.39 is 11.8 Å². The van der Waals surface area contributed by atoms with Crippen molar-refractivity contribution >= 4 is 17.7 Å². The van der Waals surface area contributed by atoms with E-state index in [4.69, 9.17) is 0 Å². The minimum absolute atomic E-state index is 0.0344. The number of amides is 3. The van der Waals surface area contributed by atoms with Crippen LogP contribution >= 0.6 is 0 Å². The molecule has 0 spiro atoms. The van der Waals surface area contributed by atoms with Crippen LogP contribution < -0.4 is 5.32 Å². The Morgan fingerprint density at radius 1 is 1.62 bits per heavy atom. The first-order valence-electron chi connectivity index (χ1n) is 3.58. The van der Waals surface area contributed by atoms with E-state index in [1.807, 2.05) is 5.32 Å². The smallest absolute Gasteiger partial charge is 0.268 e. The van der Waals surface area contributed by atoms with Gasteiger partial charge in [-0.2, -0.15) is 5.11 Å². The summed E-state index contributed by atoms with van der Waals surface area (Å²) in [5.41, 5.74) is 0. The third-order valence-electron chi connectivity index (χ3n) is 1.27. The number of hydrogen-bond donors (Lipinski definition) is 1. The fraction of sp³-hybridized carbons (Fsp3) is 0.500. The molecule has 0 aromatic carbocycles. The Balaban J connectivity index is 2.40. The molecule has 1 aliphatic rings. The number of nitrogens with zero attached hydrogens (tertiary/aromatic N) is 3. The predicted molar refractivity (Wildman–Crippen MR) is 40.3 cm³/mol. The van der Waals surface area contributed by atoms with Gasteiger partial charge in [0.1, 0.15) is 13.1 Å². The van der Waals surface area contributed by atoms with Crippen molar-refractivity contribution < 1.29 is 14.4 Å². The molecule has 1 N–H and O–H groups in total. The van der Waals surface area contributed by atoms with Gasteiger partial charge in [0.2, 0.25) is 11.8 Å². The van der Waals surface area contributed by atoms with Gasteiger partial charge in [0.25, 0.3) is 5.91 Å². The van der Waals surface area contributed by atoms with E-state index in [9.17, 15) is 14.4 Å². The lowest BCUT2D eigenvalue weighted by Crippen LogP contribution is -2.38. The van der Waals surface area contributed by atoms with Crippen LogP contribution in [0.25, 0.3) is 0 Å². The molecule has 3 amide bonds. The summed E-state index contributed by atoms with van der Waals surface area (Å²) in [7, 11) is 0. The molecule has 0 aromatic rings. The predicted octanol–water partition coefficient (Wildman–Crippen LogP) is -1.14. The number of carbonyl (C=O) groups excluding carboxylic acids is 3. The summed E-state index contributed by atoms with van der Waals surface area (Å²) in [6.45, 7) is 0.917. The Labute approximate surface area is 73.8 Å². The Morgan fingerprint density at radius 2 is 2.31 bits per heavy atom. The number of hydrogen-bond acceptors (Lipinski definition) is 5. The van der Waals surface area contributed by atoms with Crippen LogP contribution in [0.4, 0.5) is 0 Å². The van der Waals surface area contributed by atoms with Crippen LogP contribution in [0.15, 0.2) is 10.3 Å². The SMILES string of the molecule is CC(=O)NC(=O)CN1N=NCC1=O. The average Bonchev–Trinajstić information content (AvgIpc) is 2.34. The van der Waals surface area contributed by atoms with Crippen LogP contribution in [0.3, 0.4) is 0 Å². The number of imide groups is 1. The van der Waals surface area contributed by atoms with E-state index >= 15 is 0 Å². The Kier molecular flexibility index (Phi) is 2.68. The molecule has 1 rings (SSSR count). The van der Waals surface area contributed by atoms with E-state index in [0.717, 1.165) is 5.01 Å². The van der Waals surface area contributed by atoms with Gasteiger partial charge in [-0.3, -0.25) is 19.7 Å². The van der Waals surface area contributed by atoms with Gasteiger partial charge in [-0.25, -0.2) is 5.01 Å². The van der Waals surface area contributed by atoms with Gasteiger partial charge in [-0.1, -0.05) is 5.22 Å². The van der Waals surface area contributed by atoms with E-state index in [-0.39, 0.29) is 19.0 Å². The fourth-order valence-corrected chi connectivity index (χ4v) is 0.792. The van der Waals surface area contributed by atoms with Crippen molar-refractivity contribution in [2.45, 2.75) is 6.92 Å². The van der Waals surface area contributed by atoms with Crippen molar-refractivity contribution in [1.82, 2.24) is 10.3 Å². The number of rotatable bonds is 2. The molecular weight excluding hydrogens is 176 g/mol. The third-order valence-corrected chi connectivity index (χ3v) is 1.27. The molecule has 0 fully saturated rings. The lowest BCUT2D eigenvalue weighted by molar-refractivity contribution is -0.136. The lowest BCUT2D eigenvalue weighted by atomic mass is 10.5. The maximum absolute atomic E-state index is 10.9. The summed E-state index contributed by atoms with van der Waals surface area (Å²) in [5, 5.41) is 9.75. The van der Waals surface area contributed by atoms with Crippen molar-refractivity contribution in [2.24, 2.45) is 10.3 Å². The van der Waals surface area contributed by atoms with Crippen LogP contribution in [0.1, 0.15) is 6.92 Å². The summed E-state index contributed by atoms with van der Waals surface area (Å²) in [4.78, 5) is 32.2. The van der Waals surface area contributed by atoms with Crippen molar-refractivity contribution in [1.29, 1.82) is 0 Å². The molecule has 0 atom stereocenters. The third kappa shape index (κ3) is 2.62. The van der Waals surface area contributed by atoms with Crippen LogP contribution in [0, 0.1) is 0 Å². The Hall–Kier alpha value is -1.79. The highest BCUT2D eigenvalue weighted by atomic mass is 16.2. The van der Waals surface area contributed by atoms with Gasteiger partial charge in [0.15, 0.2) is 0 Å². The average molecular weight is 184 g/mol. The molecule has 0 saturated carbocycles. The highest BCUT2D eigenvalue weighted by Gasteiger charge is 2.21. The molecule has 0 unspecified atom stereocenters. The van der Waals surface area contributed by atoms with Gasteiger partial charge in [0.05, 0.1) is 0 Å². The molecule has 70 valence electrons. The fourth-order valence-electron chi connectivity index (χ4n) is 0.792. The minimum Gasteiger partial charge on any atom is -0.295 e. The van der Waals surface area contributed by atoms with E-state index in [1.165, 1.54) is 6.92 Å². The van der Waals surface area contributed by atoms with Crippen molar-refractivity contribution in [3.63, 3.8) is 0 Å². The van der Waals surface area contributed by atoms with Crippen molar-refractivity contribution in [3.05, 3.63) is 0 Å². The van der Waals surface area contributed by atoms with E-state index in [2.05, 4.69) is 10.3 Å². The number of carbonyl (C=O) groups is 3. The summed E-state index contributed by atoms with van der Waals surface area (Å²) < 4.78 is 0. The van der Waals surface area contributed by atoms with Crippen LogP contribution in [0.2, 0.25) is 0 Å². The zero-order valence-corrected chi connectivity index (χ0v) is 6.98. The maximum atomic E-state index is 10.9. The largest absolute Gasteiger partial charge is 0.295 e. The van der Waals surface area contributed by atoms with Crippen molar-refractivity contribution in [2.75, 3.05) is 13.1 Å². The molecule has 0 saturated heterocycles. The standard InChI is InChI=1S/C6H8N4O3/c1-4(11)8-5(12)3-10-6(13)2-7-9-10/h2-3H2,1H3,(H,8,11,12). The molecule has 7 heteroatoms. The molecule has 13 heavy (non-hydrogen) atoms. The molecule has 0 radical (unpaired) electrons. The topological polar surface area (TPSA) is 91.2 Å². The summed E-state index contributed by atoms with van der Waals surface area (Å²) >= 11 is 0. The Morgan fingerprint density at radius 3 is 2.77 bits per heavy atom. The molecule has 0 aliphatic carbocycles.